The number of nitrogens with one attached hydrogen (secondary N) is 1. The largest absolute Gasteiger partial charge is 0.495 e. The monoisotopic (exact) mass is 492 g/mol. The molecule has 0 aliphatic carbocycles. The van der Waals surface area contributed by atoms with Crippen LogP contribution in [0.15, 0.2) is 85.2 Å². The molecule has 1 N–H and O–H groups in total. The molecule has 5 rings (SSSR count). The molecule has 1 aromatic heterocycles. The minimum Gasteiger partial charge on any atom is -0.495 e. The summed E-state index contributed by atoms with van der Waals surface area (Å²) in [6, 6.07) is 23.0. The highest BCUT2D eigenvalue weighted by Crippen LogP contribution is 2.36. The molecule has 0 saturated heterocycles. The number of rotatable bonds is 8. The summed E-state index contributed by atoms with van der Waals surface area (Å²) in [5.74, 6) is 2.28. The van der Waals surface area contributed by atoms with Crippen molar-refractivity contribution in [2.75, 3.05) is 20.8 Å². The van der Waals surface area contributed by atoms with Crippen LogP contribution in [0.5, 0.6) is 17.2 Å². The van der Waals surface area contributed by atoms with Crippen molar-refractivity contribution in [1.29, 1.82) is 0 Å². The molecule has 37 heavy (non-hydrogen) atoms. The fourth-order valence-corrected chi connectivity index (χ4v) is 4.66. The van der Waals surface area contributed by atoms with Crippen molar-refractivity contribution in [2.24, 2.45) is 0 Å². The number of pyridine rings is 1. The molecule has 5 nitrogen and oxygen atoms in total. The Morgan fingerprint density at radius 3 is 2.59 bits per heavy atom. The van der Waals surface area contributed by atoms with Gasteiger partial charge in [-0.3, -0.25) is 4.98 Å². The molecule has 4 aromatic rings. The van der Waals surface area contributed by atoms with Gasteiger partial charge in [0.2, 0.25) is 0 Å². The van der Waals surface area contributed by atoms with Crippen LogP contribution >= 0.6 is 0 Å². The van der Waals surface area contributed by atoms with E-state index in [0.29, 0.717) is 6.61 Å². The summed E-state index contributed by atoms with van der Waals surface area (Å²) in [7, 11) is 3.35. The maximum absolute atomic E-state index is 6.15. The quantitative estimate of drug-likeness (QED) is 0.302. The zero-order valence-electron chi connectivity index (χ0n) is 21.5. The van der Waals surface area contributed by atoms with Gasteiger partial charge in [-0.1, -0.05) is 54.6 Å². The van der Waals surface area contributed by atoms with Crippen LogP contribution in [0.4, 0.5) is 0 Å². The predicted molar refractivity (Wildman–Crippen MR) is 148 cm³/mol. The third-order valence-corrected chi connectivity index (χ3v) is 6.79. The molecule has 188 valence electrons. The fourth-order valence-electron chi connectivity index (χ4n) is 4.66. The number of aromatic nitrogens is 1. The second kappa shape index (κ2) is 11.3. The van der Waals surface area contributed by atoms with Crippen molar-refractivity contribution in [3.05, 3.63) is 113 Å². The number of fused-ring (bicyclic) bond motifs is 1. The lowest BCUT2D eigenvalue weighted by Gasteiger charge is -2.26. The van der Waals surface area contributed by atoms with E-state index in [0.717, 1.165) is 46.9 Å². The molecule has 2 heterocycles. The molecule has 0 radical (unpaired) electrons. The SMILES string of the molecule is COc1cncc(-c2ccc(C)c(/C=C/C3NCCc4cc(OCc5ccccc5)c(OC)cc43)c2)c1. The first-order valence-electron chi connectivity index (χ1n) is 12.5. The number of nitrogens with zero attached hydrogens (tertiary/aromatic N) is 1. The predicted octanol–water partition coefficient (Wildman–Crippen LogP) is 6.55. The van der Waals surface area contributed by atoms with E-state index in [9.17, 15) is 0 Å². The Balaban J connectivity index is 1.39. The molecule has 0 saturated carbocycles. The van der Waals surface area contributed by atoms with Gasteiger partial charge in [-0.2, -0.15) is 0 Å². The minimum absolute atomic E-state index is 0.0855. The Hall–Kier alpha value is -4.09. The van der Waals surface area contributed by atoms with E-state index in [1.54, 1.807) is 20.4 Å². The molecule has 3 aromatic carbocycles. The Labute approximate surface area is 218 Å². The van der Waals surface area contributed by atoms with Crippen LogP contribution in [0, 0.1) is 6.92 Å². The summed E-state index contributed by atoms with van der Waals surface area (Å²) < 4.78 is 17.2. The van der Waals surface area contributed by atoms with Crippen LogP contribution < -0.4 is 19.5 Å². The van der Waals surface area contributed by atoms with E-state index in [-0.39, 0.29) is 6.04 Å². The molecule has 1 atom stereocenters. The highest BCUT2D eigenvalue weighted by atomic mass is 16.5. The summed E-state index contributed by atoms with van der Waals surface area (Å²) in [6.07, 6.45) is 8.96. The summed E-state index contributed by atoms with van der Waals surface area (Å²) in [4.78, 5) is 4.31. The van der Waals surface area contributed by atoms with E-state index >= 15 is 0 Å². The molecule has 0 spiro atoms. The minimum atomic E-state index is 0.0855. The van der Waals surface area contributed by atoms with Gasteiger partial charge >= 0.3 is 0 Å². The smallest absolute Gasteiger partial charge is 0.161 e. The van der Waals surface area contributed by atoms with Gasteiger partial charge in [-0.15, -0.1) is 0 Å². The summed E-state index contributed by atoms with van der Waals surface area (Å²) in [5.41, 5.74) is 8.16. The van der Waals surface area contributed by atoms with Crippen molar-refractivity contribution in [1.82, 2.24) is 10.3 Å². The molecule has 1 aliphatic heterocycles. The number of aryl methyl sites for hydroxylation is 1. The van der Waals surface area contributed by atoms with E-state index in [1.807, 2.05) is 30.5 Å². The molecule has 0 fully saturated rings. The van der Waals surface area contributed by atoms with Crippen molar-refractivity contribution in [3.8, 4) is 28.4 Å². The lowest BCUT2D eigenvalue weighted by Crippen LogP contribution is -2.28. The third-order valence-electron chi connectivity index (χ3n) is 6.79. The maximum atomic E-state index is 6.15. The Morgan fingerprint density at radius 1 is 0.919 bits per heavy atom. The van der Waals surface area contributed by atoms with E-state index in [2.05, 4.69) is 71.8 Å². The third kappa shape index (κ3) is 5.68. The molecule has 1 unspecified atom stereocenters. The van der Waals surface area contributed by atoms with Crippen molar-refractivity contribution in [2.45, 2.75) is 26.0 Å². The van der Waals surface area contributed by atoms with Gasteiger partial charge in [0.25, 0.3) is 0 Å². The van der Waals surface area contributed by atoms with Crippen LogP contribution in [0.1, 0.15) is 33.9 Å². The van der Waals surface area contributed by atoms with E-state index in [4.69, 9.17) is 14.2 Å². The first kappa shape index (κ1) is 24.6. The van der Waals surface area contributed by atoms with Gasteiger partial charge in [0, 0.05) is 18.3 Å². The van der Waals surface area contributed by atoms with Gasteiger partial charge in [-0.25, -0.2) is 0 Å². The molecular weight excluding hydrogens is 460 g/mol. The molecular formula is C32H32N2O3. The molecule has 1 aliphatic rings. The van der Waals surface area contributed by atoms with Gasteiger partial charge < -0.3 is 19.5 Å². The Kier molecular flexibility index (Phi) is 7.52. The lowest BCUT2D eigenvalue weighted by atomic mass is 9.92. The van der Waals surface area contributed by atoms with Gasteiger partial charge in [-0.05, 0) is 71.0 Å². The number of hydrogen-bond acceptors (Lipinski definition) is 5. The van der Waals surface area contributed by atoms with Crippen molar-refractivity contribution >= 4 is 6.08 Å². The lowest BCUT2D eigenvalue weighted by molar-refractivity contribution is 0.283. The highest BCUT2D eigenvalue weighted by Gasteiger charge is 2.21. The second-order valence-corrected chi connectivity index (χ2v) is 9.20. The first-order valence-corrected chi connectivity index (χ1v) is 12.5. The zero-order valence-corrected chi connectivity index (χ0v) is 21.5. The van der Waals surface area contributed by atoms with Crippen molar-refractivity contribution in [3.63, 3.8) is 0 Å². The number of methoxy groups -OCH3 is 2. The summed E-state index contributed by atoms with van der Waals surface area (Å²) >= 11 is 0. The maximum Gasteiger partial charge on any atom is 0.161 e. The number of ether oxygens (including phenoxy) is 3. The molecule has 0 bridgehead atoms. The Bertz CT molecular complexity index is 1400. The zero-order chi connectivity index (χ0) is 25.6. The van der Waals surface area contributed by atoms with Crippen LogP contribution in [0.25, 0.3) is 17.2 Å². The van der Waals surface area contributed by atoms with Crippen LogP contribution in [0.2, 0.25) is 0 Å². The van der Waals surface area contributed by atoms with Crippen LogP contribution in [-0.2, 0) is 13.0 Å². The van der Waals surface area contributed by atoms with Gasteiger partial charge in [0.1, 0.15) is 12.4 Å². The van der Waals surface area contributed by atoms with E-state index < -0.39 is 0 Å². The first-order chi connectivity index (χ1) is 18.1. The van der Waals surface area contributed by atoms with Crippen molar-refractivity contribution < 1.29 is 14.2 Å². The second-order valence-electron chi connectivity index (χ2n) is 9.20. The summed E-state index contributed by atoms with van der Waals surface area (Å²) in [6.45, 7) is 3.55. The molecule has 5 heteroatoms. The van der Waals surface area contributed by atoms with Crippen LogP contribution in [-0.4, -0.2) is 25.7 Å². The number of benzene rings is 3. The van der Waals surface area contributed by atoms with Crippen LogP contribution in [0.3, 0.4) is 0 Å². The van der Waals surface area contributed by atoms with E-state index in [1.165, 1.54) is 22.3 Å². The van der Waals surface area contributed by atoms with Gasteiger partial charge in [0.15, 0.2) is 11.5 Å². The average molecular weight is 493 g/mol. The summed E-state index contributed by atoms with van der Waals surface area (Å²) in [5, 5.41) is 3.65. The fraction of sp³-hybridized carbons (Fsp3) is 0.219. The van der Waals surface area contributed by atoms with Gasteiger partial charge in [0.05, 0.1) is 26.5 Å². The topological polar surface area (TPSA) is 52.6 Å². The standard InChI is InChI=1S/C32H32N2O3/c1-22-9-10-25(27-16-28(35-2)20-33-19-27)15-24(22)11-12-30-29-18-31(36-3)32(17-26(29)13-14-34-30)37-21-23-7-5-4-6-8-23/h4-12,15-20,30,34H,13-14,21H2,1-3H3/b12-11+. The average Bonchev–Trinajstić information content (AvgIpc) is 2.95. The Morgan fingerprint density at radius 2 is 1.78 bits per heavy atom. The molecule has 0 amide bonds. The normalized spacial score (nSPS) is 14.8. The number of hydrogen-bond donors (Lipinski definition) is 1. The highest BCUT2D eigenvalue weighted by molar-refractivity contribution is 5.69.